The predicted octanol–water partition coefficient (Wildman–Crippen LogP) is 1.69. The molecule has 1 aliphatic rings. The van der Waals surface area contributed by atoms with Crippen molar-refractivity contribution in [2.24, 2.45) is 0 Å². The summed E-state index contributed by atoms with van der Waals surface area (Å²) in [6, 6.07) is 9.55. The average Bonchev–Trinajstić information content (AvgIpc) is 2.78. The van der Waals surface area contributed by atoms with Gasteiger partial charge in [-0.2, -0.15) is 0 Å². The first kappa shape index (κ1) is 28.2. The number of ether oxygens (including phenoxy) is 7. The number of hydrogen-bond acceptors (Lipinski definition) is 11. The molecule has 194 valence electrons. The van der Waals surface area contributed by atoms with Crippen molar-refractivity contribution in [2.75, 3.05) is 13.2 Å². The van der Waals surface area contributed by atoms with Crippen LogP contribution in [0.3, 0.4) is 0 Å². The lowest BCUT2D eigenvalue weighted by Gasteiger charge is -2.44. The van der Waals surface area contributed by atoms with Crippen molar-refractivity contribution in [2.45, 2.75) is 78.0 Å². The van der Waals surface area contributed by atoms with Crippen LogP contribution >= 0.6 is 0 Å². The van der Waals surface area contributed by atoms with E-state index in [1.807, 2.05) is 30.3 Å². The maximum absolute atomic E-state index is 11.8. The van der Waals surface area contributed by atoms with Crippen molar-refractivity contribution in [3.63, 3.8) is 0 Å². The second-order valence-corrected chi connectivity index (χ2v) is 8.01. The second-order valence-electron chi connectivity index (χ2n) is 8.01. The molecule has 0 spiro atoms. The van der Waals surface area contributed by atoms with Crippen molar-refractivity contribution < 1.29 is 52.3 Å². The SMILES string of the molecule is CC(=O)OC[C@H]1O[C@@H](OC[C@@H](C)OCc2ccccc2)[C@H](OC(C)=O)[C@@H](OC(C)=O)[C@H]1OC(C)=O. The molecule has 1 saturated heterocycles. The number of benzene rings is 1. The Hall–Kier alpha value is -3.02. The van der Waals surface area contributed by atoms with Crippen LogP contribution in [-0.4, -0.2) is 73.9 Å². The summed E-state index contributed by atoms with van der Waals surface area (Å²) in [5, 5.41) is 0. The average molecular weight is 497 g/mol. The summed E-state index contributed by atoms with van der Waals surface area (Å²) < 4.78 is 38.6. The van der Waals surface area contributed by atoms with Crippen LogP contribution in [0.2, 0.25) is 0 Å². The van der Waals surface area contributed by atoms with Gasteiger partial charge in [0.15, 0.2) is 24.6 Å². The van der Waals surface area contributed by atoms with Gasteiger partial charge in [0.05, 0.1) is 19.3 Å². The topological polar surface area (TPSA) is 133 Å². The maximum Gasteiger partial charge on any atom is 0.303 e. The van der Waals surface area contributed by atoms with Gasteiger partial charge in [0.25, 0.3) is 0 Å². The second kappa shape index (κ2) is 13.8. The molecule has 11 nitrogen and oxygen atoms in total. The fourth-order valence-electron chi connectivity index (χ4n) is 3.41. The lowest BCUT2D eigenvalue weighted by Crippen LogP contribution is -2.63. The molecule has 1 fully saturated rings. The standard InChI is InChI=1S/C24H32O11/c1-14(29-12-19-9-7-6-8-10-19)11-31-24-23(34-18(5)28)22(33-17(4)27)21(32-16(3)26)20(35-24)13-30-15(2)25/h6-10,14,20-24H,11-13H2,1-5H3/t14-,20-,21+,22+,23-,24-/m1/s1. The summed E-state index contributed by atoms with van der Waals surface area (Å²) in [4.78, 5) is 46.8. The molecule has 1 aromatic carbocycles. The highest BCUT2D eigenvalue weighted by atomic mass is 16.7. The zero-order valence-electron chi connectivity index (χ0n) is 20.5. The molecule has 0 amide bonds. The van der Waals surface area contributed by atoms with E-state index in [1.54, 1.807) is 6.92 Å². The number of carbonyl (C=O) groups is 4. The van der Waals surface area contributed by atoms with Crippen LogP contribution in [0.4, 0.5) is 0 Å². The third kappa shape index (κ3) is 9.63. The van der Waals surface area contributed by atoms with Gasteiger partial charge in [-0.1, -0.05) is 30.3 Å². The Balaban J connectivity index is 2.20. The monoisotopic (exact) mass is 496 g/mol. The van der Waals surface area contributed by atoms with Crippen molar-refractivity contribution in [3.05, 3.63) is 35.9 Å². The van der Waals surface area contributed by atoms with Gasteiger partial charge in [-0.3, -0.25) is 19.2 Å². The van der Waals surface area contributed by atoms with Crippen LogP contribution in [-0.2, 0) is 58.9 Å². The number of esters is 4. The molecular weight excluding hydrogens is 464 g/mol. The van der Waals surface area contributed by atoms with E-state index in [2.05, 4.69) is 0 Å². The molecule has 2 rings (SSSR count). The minimum atomic E-state index is -1.28. The summed E-state index contributed by atoms with van der Waals surface area (Å²) in [5.74, 6) is -2.71. The van der Waals surface area contributed by atoms with Gasteiger partial charge >= 0.3 is 23.9 Å². The summed E-state index contributed by atoms with van der Waals surface area (Å²) in [5.41, 5.74) is 0.978. The molecule has 0 bridgehead atoms. The van der Waals surface area contributed by atoms with E-state index >= 15 is 0 Å². The summed E-state index contributed by atoms with van der Waals surface area (Å²) >= 11 is 0. The number of rotatable bonds is 11. The van der Waals surface area contributed by atoms with E-state index < -0.39 is 54.6 Å². The highest BCUT2D eigenvalue weighted by Gasteiger charge is 2.52. The molecule has 11 heteroatoms. The fourth-order valence-corrected chi connectivity index (χ4v) is 3.41. The van der Waals surface area contributed by atoms with E-state index in [0.29, 0.717) is 6.61 Å². The smallest absolute Gasteiger partial charge is 0.303 e. The van der Waals surface area contributed by atoms with Crippen LogP contribution in [0.15, 0.2) is 30.3 Å². The first-order chi connectivity index (χ1) is 16.6. The minimum Gasteiger partial charge on any atom is -0.463 e. The molecule has 0 radical (unpaired) electrons. The molecule has 1 aliphatic heterocycles. The van der Waals surface area contributed by atoms with Crippen molar-refractivity contribution in [1.29, 1.82) is 0 Å². The van der Waals surface area contributed by atoms with Gasteiger partial charge in [0.2, 0.25) is 0 Å². The third-order valence-corrected chi connectivity index (χ3v) is 4.82. The van der Waals surface area contributed by atoms with Gasteiger partial charge in [0, 0.05) is 27.7 Å². The van der Waals surface area contributed by atoms with E-state index in [9.17, 15) is 19.2 Å². The van der Waals surface area contributed by atoms with Gasteiger partial charge in [-0.15, -0.1) is 0 Å². The normalized spacial score (nSPS) is 24.7. The van der Waals surface area contributed by atoms with Crippen molar-refractivity contribution in [3.8, 4) is 0 Å². The zero-order chi connectivity index (χ0) is 26.0. The highest BCUT2D eigenvalue weighted by Crippen LogP contribution is 2.30. The molecule has 0 N–H and O–H groups in total. The van der Waals surface area contributed by atoms with Gasteiger partial charge in [-0.05, 0) is 12.5 Å². The van der Waals surface area contributed by atoms with E-state index in [0.717, 1.165) is 19.4 Å². The van der Waals surface area contributed by atoms with Crippen LogP contribution < -0.4 is 0 Å². The van der Waals surface area contributed by atoms with Gasteiger partial charge in [-0.25, -0.2) is 0 Å². The predicted molar refractivity (Wildman–Crippen MR) is 119 cm³/mol. The Bertz CT molecular complexity index is 856. The molecule has 0 saturated carbocycles. The van der Waals surface area contributed by atoms with Gasteiger partial charge in [0.1, 0.15) is 12.7 Å². The Labute approximate surface area is 203 Å². The lowest BCUT2D eigenvalue weighted by atomic mass is 9.98. The molecule has 1 heterocycles. The molecule has 0 unspecified atom stereocenters. The Morgan fingerprint density at radius 3 is 1.97 bits per heavy atom. The van der Waals surface area contributed by atoms with E-state index in [-0.39, 0.29) is 19.3 Å². The van der Waals surface area contributed by atoms with Crippen LogP contribution in [0.5, 0.6) is 0 Å². The molecule has 1 aromatic rings. The van der Waals surface area contributed by atoms with Crippen molar-refractivity contribution in [1.82, 2.24) is 0 Å². The Morgan fingerprint density at radius 1 is 0.829 bits per heavy atom. The number of hydrogen-bond donors (Lipinski definition) is 0. The zero-order valence-corrected chi connectivity index (χ0v) is 20.5. The number of carbonyl (C=O) groups excluding carboxylic acids is 4. The van der Waals surface area contributed by atoms with E-state index in [4.69, 9.17) is 33.2 Å². The van der Waals surface area contributed by atoms with Crippen LogP contribution in [0.1, 0.15) is 40.2 Å². The third-order valence-electron chi connectivity index (χ3n) is 4.82. The lowest BCUT2D eigenvalue weighted by molar-refractivity contribution is -0.311. The Morgan fingerprint density at radius 2 is 1.40 bits per heavy atom. The Kier molecular flexibility index (Phi) is 11.1. The summed E-state index contributed by atoms with van der Waals surface area (Å²) in [6.45, 7) is 6.52. The fraction of sp³-hybridized carbons (Fsp3) is 0.583. The van der Waals surface area contributed by atoms with Crippen LogP contribution in [0.25, 0.3) is 0 Å². The molecule has 35 heavy (non-hydrogen) atoms. The molecular formula is C24H32O11. The summed E-state index contributed by atoms with van der Waals surface area (Å²) in [7, 11) is 0. The quantitative estimate of drug-likeness (QED) is 0.327. The summed E-state index contributed by atoms with van der Waals surface area (Å²) in [6.07, 6.45) is -6.47. The van der Waals surface area contributed by atoms with Crippen LogP contribution in [0, 0.1) is 0 Å². The minimum absolute atomic E-state index is 0.0283. The molecule has 0 aromatic heterocycles. The van der Waals surface area contributed by atoms with Crippen molar-refractivity contribution >= 4 is 23.9 Å². The van der Waals surface area contributed by atoms with Gasteiger partial charge < -0.3 is 33.2 Å². The first-order valence-corrected chi connectivity index (χ1v) is 11.1. The molecule has 0 aliphatic carbocycles. The highest BCUT2D eigenvalue weighted by molar-refractivity contribution is 5.68. The largest absolute Gasteiger partial charge is 0.463 e. The first-order valence-electron chi connectivity index (χ1n) is 11.1. The maximum atomic E-state index is 11.8. The molecule has 6 atom stereocenters. The van der Waals surface area contributed by atoms with E-state index in [1.165, 1.54) is 13.8 Å².